The van der Waals surface area contributed by atoms with Gasteiger partial charge in [0.25, 0.3) is 0 Å². The van der Waals surface area contributed by atoms with Crippen molar-refractivity contribution in [1.29, 1.82) is 0 Å². The number of nitrogens with one attached hydrogen (secondary N) is 1. The molecule has 0 bridgehead atoms. The molecule has 2 N–H and O–H groups in total. The highest BCUT2D eigenvalue weighted by molar-refractivity contribution is 5.79. The van der Waals surface area contributed by atoms with E-state index in [0.29, 0.717) is 18.4 Å². The minimum atomic E-state index is -0.816. The molecule has 1 saturated carbocycles. The van der Waals surface area contributed by atoms with Crippen molar-refractivity contribution in [3.63, 3.8) is 0 Å². The summed E-state index contributed by atoms with van der Waals surface area (Å²) in [6, 6.07) is -0.239. The number of hydrogen-bond acceptors (Lipinski definition) is 3. The summed E-state index contributed by atoms with van der Waals surface area (Å²) >= 11 is 0. The first-order valence-corrected chi connectivity index (χ1v) is 8.49. The minimum Gasteiger partial charge on any atom is -0.480 e. The van der Waals surface area contributed by atoms with Gasteiger partial charge in [0.2, 0.25) is 5.91 Å². The standard InChI is InChI=1S/C17H30N2O3/c1-11(2)15(20)19(12-5-7-17(3,4)8-6-12)13-9-14(16(21)22)18-10-13/h11-14,18H,5-10H2,1-4H3,(H,21,22). The molecule has 1 aliphatic heterocycles. The fourth-order valence-electron chi connectivity index (χ4n) is 3.74. The number of carbonyl (C=O) groups is 2. The van der Waals surface area contributed by atoms with Crippen LogP contribution >= 0.6 is 0 Å². The van der Waals surface area contributed by atoms with Crippen LogP contribution in [0.2, 0.25) is 0 Å². The number of hydrogen-bond donors (Lipinski definition) is 2. The van der Waals surface area contributed by atoms with Crippen molar-refractivity contribution >= 4 is 11.9 Å². The summed E-state index contributed by atoms with van der Waals surface area (Å²) in [6.45, 7) is 9.03. The van der Waals surface area contributed by atoms with E-state index in [4.69, 9.17) is 0 Å². The third kappa shape index (κ3) is 3.80. The summed E-state index contributed by atoms with van der Waals surface area (Å²) in [5.41, 5.74) is 0.362. The predicted molar refractivity (Wildman–Crippen MR) is 85.6 cm³/mol. The van der Waals surface area contributed by atoms with E-state index in [1.807, 2.05) is 18.7 Å². The zero-order valence-electron chi connectivity index (χ0n) is 14.3. The molecule has 0 radical (unpaired) electrons. The van der Waals surface area contributed by atoms with Gasteiger partial charge in [-0.25, -0.2) is 0 Å². The van der Waals surface area contributed by atoms with Crippen LogP contribution in [0.15, 0.2) is 0 Å². The molecule has 2 unspecified atom stereocenters. The first-order chi connectivity index (χ1) is 10.2. The molecule has 1 saturated heterocycles. The lowest BCUT2D eigenvalue weighted by atomic mass is 9.75. The SMILES string of the molecule is CC(C)C(=O)N(C1CCC(C)(C)CC1)C1CNC(C(=O)O)C1. The van der Waals surface area contributed by atoms with Gasteiger partial charge in [-0.3, -0.25) is 9.59 Å². The molecule has 2 aliphatic rings. The van der Waals surface area contributed by atoms with Crippen molar-refractivity contribution in [3.05, 3.63) is 0 Å². The third-order valence-corrected chi connectivity index (χ3v) is 5.25. The molecule has 5 heteroatoms. The Hall–Kier alpha value is -1.10. The van der Waals surface area contributed by atoms with Gasteiger partial charge in [0.15, 0.2) is 0 Å². The summed E-state index contributed by atoms with van der Waals surface area (Å²) < 4.78 is 0. The normalized spacial score (nSPS) is 28.8. The first-order valence-electron chi connectivity index (χ1n) is 8.49. The Labute approximate surface area is 133 Å². The Morgan fingerprint density at radius 1 is 1.18 bits per heavy atom. The number of nitrogens with zero attached hydrogens (tertiary/aromatic N) is 1. The second-order valence-corrected chi connectivity index (χ2v) is 7.98. The Balaban J connectivity index is 2.11. The zero-order chi connectivity index (χ0) is 16.5. The summed E-state index contributed by atoms with van der Waals surface area (Å²) in [4.78, 5) is 25.9. The average Bonchev–Trinajstić information content (AvgIpc) is 2.90. The molecular weight excluding hydrogens is 280 g/mol. The van der Waals surface area contributed by atoms with E-state index < -0.39 is 12.0 Å². The number of carboxylic acids is 1. The number of carboxylic acid groups (broad SMARTS) is 1. The predicted octanol–water partition coefficient (Wildman–Crippen LogP) is 2.25. The van der Waals surface area contributed by atoms with Crippen LogP contribution in [0, 0.1) is 11.3 Å². The second kappa shape index (κ2) is 6.57. The van der Waals surface area contributed by atoms with E-state index in [1.165, 1.54) is 0 Å². The quantitative estimate of drug-likeness (QED) is 0.835. The van der Waals surface area contributed by atoms with E-state index in [2.05, 4.69) is 19.2 Å². The largest absolute Gasteiger partial charge is 0.480 e. The molecule has 0 spiro atoms. The lowest BCUT2D eigenvalue weighted by molar-refractivity contribution is -0.142. The number of rotatable bonds is 4. The van der Waals surface area contributed by atoms with Crippen LogP contribution in [0.3, 0.4) is 0 Å². The topological polar surface area (TPSA) is 69.6 Å². The maximum atomic E-state index is 12.7. The van der Waals surface area contributed by atoms with Crippen molar-refractivity contribution in [2.24, 2.45) is 11.3 Å². The Morgan fingerprint density at radius 3 is 2.23 bits per heavy atom. The summed E-state index contributed by atoms with van der Waals surface area (Å²) in [5, 5.41) is 12.2. The smallest absolute Gasteiger partial charge is 0.320 e. The van der Waals surface area contributed by atoms with Crippen molar-refractivity contribution < 1.29 is 14.7 Å². The van der Waals surface area contributed by atoms with Gasteiger partial charge in [0, 0.05) is 24.5 Å². The monoisotopic (exact) mass is 310 g/mol. The van der Waals surface area contributed by atoms with E-state index in [9.17, 15) is 14.7 Å². The van der Waals surface area contributed by atoms with Crippen molar-refractivity contribution in [3.8, 4) is 0 Å². The molecule has 0 aromatic rings. The number of aliphatic carboxylic acids is 1. The van der Waals surface area contributed by atoms with Crippen molar-refractivity contribution in [2.75, 3.05) is 6.54 Å². The van der Waals surface area contributed by atoms with E-state index in [1.54, 1.807) is 0 Å². The Bertz CT molecular complexity index is 424. The minimum absolute atomic E-state index is 0.0159. The lowest BCUT2D eigenvalue weighted by Gasteiger charge is -2.43. The molecule has 2 atom stereocenters. The first kappa shape index (κ1) is 17.3. The van der Waals surface area contributed by atoms with Gasteiger partial charge in [-0.1, -0.05) is 27.7 Å². The van der Waals surface area contributed by atoms with Crippen LogP contribution < -0.4 is 5.32 Å². The van der Waals surface area contributed by atoms with Crippen LogP contribution in [0.25, 0.3) is 0 Å². The van der Waals surface area contributed by atoms with E-state index in [-0.39, 0.29) is 23.9 Å². The van der Waals surface area contributed by atoms with Crippen molar-refractivity contribution in [1.82, 2.24) is 10.2 Å². The molecule has 0 aromatic carbocycles. The van der Waals surface area contributed by atoms with Crippen LogP contribution in [-0.4, -0.2) is 46.6 Å². The van der Waals surface area contributed by atoms with E-state index >= 15 is 0 Å². The van der Waals surface area contributed by atoms with Gasteiger partial charge in [-0.15, -0.1) is 0 Å². The van der Waals surface area contributed by atoms with Crippen LogP contribution in [-0.2, 0) is 9.59 Å². The maximum absolute atomic E-state index is 12.7. The fourth-order valence-corrected chi connectivity index (χ4v) is 3.74. The van der Waals surface area contributed by atoms with Crippen LogP contribution in [0.1, 0.15) is 59.8 Å². The summed E-state index contributed by atoms with van der Waals surface area (Å²) in [7, 11) is 0. The summed E-state index contributed by atoms with van der Waals surface area (Å²) in [5.74, 6) is -0.689. The van der Waals surface area contributed by atoms with Crippen LogP contribution in [0.4, 0.5) is 0 Å². The summed E-state index contributed by atoms with van der Waals surface area (Å²) in [6.07, 6.45) is 4.83. The highest BCUT2D eigenvalue weighted by atomic mass is 16.4. The molecule has 2 rings (SSSR count). The van der Waals surface area contributed by atoms with Gasteiger partial charge in [-0.2, -0.15) is 0 Å². The average molecular weight is 310 g/mol. The van der Waals surface area contributed by atoms with Gasteiger partial charge in [0.05, 0.1) is 0 Å². The number of carbonyl (C=O) groups excluding carboxylic acids is 1. The molecule has 22 heavy (non-hydrogen) atoms. The highest BCUT2D eigenvalue weighted by Crippen LogP contribution is 2.38. The molecule has 126 valence electrons. The Morgan fingerprint density at radius 2 is 1.77 bits per heavy atom. The van der Waals surface area contributed by atoms with Gasteiger partial charge >= 0.3 is 5.97 Å². The molecule has 1 heterocycles. The molecule has 2 fully saturated rings. The Kier molecular flexibility index (Phi) is 5.15. The second-order valence-electron chi connectivity index (χ2n) is 7.98. The van der Waals surface area contributed by atoms with Crippen LogP contribution in [0.5, 0.6) is 0 Å². The molecular formula is C17H30N2O3. The molecule has 1 amide bonds. The van der Waals surface area contributed by atoms with Gasteiger partial charge in [0.1, 0.15) is 6.04 Å². The third-order valence-electron chi connectivity index (χ3n) is 5.25. The van der Waals surface area contributed by atoms with Crippen molar-refractivity contribution in [2.45, 2.75) is 77.9 Å². The zero-order valence-corrected chi connectivity index (χ0v) is 14.3. The molecule has 0 aromatic heterocycles. The molecule has 1 aliphatic carbocycles. The van der Waals surface area contributed by atoms with Gasteiger partial charge in [-0.05, 0) is 37.5 Å². The highest BCUT2D eigenvalue weighted by Gasteiger charge is 2.40. The fraction of sp³-hybridized carbons (Fsp3) is 0.882. The molecule has 5 nitrogen and oxygen atoms in total. The lowest BCUT2D eigenvalue weighted by Crippen LogP contribution is -2.51. The van der Waals surface area contributed by atoms with Gasteiger partial charge < -0.3 is 15.3 Å². The maximum Gasteiger partial charge on any atom is 0.320 e. The van der Waals surface area contributed by atoms with E-state index in [0.717, 1.165) is 25.7 Å². The number of amides is 1.